The van der Waals surface area contributed by atoms with Crippen LogP contribution in [0.5, 0.6) is 5.88 Å². The van der Waals surface area contributed by atoms with E-state index < -0.39 is 5.69 Å². The maximum atomic E-state index is 11.1. The first-order valence-corrected chi connectivity index (χ1v) is 6.30. The number of nitrogens with two attached hydrogens (primary N) is 1. The molecule has 0 unspecified atom stereocenters. The van der Waals surface area contributed by atoms with Gasteiger partial charge >= 0.3 is 5.69 Å². The van der Waals surface area contributed by atoms with E-state index in [1.807, 2.05) is 30.3 Å². The second-order valence-corrected chi connectivity index (χ2v) is 4.54. The average molecular weight is 283 g/mol. The number of nitrogens with zero attached hydrogens (tertiary/aromatic N) is 2. The number of hydrogen-bond donors (Lipinski definition) is 4. The topological polar surface area (TPSA) is 121 Å². The summed E-state index contributed by atoms with van der Waals surface area (Å²) in [7, 11) is 0. The van der Waals surface area contributed by atoms with Crippen LogP contribution in [0.15, 0.2) is 41.3 Å². The Bertz CT molecular complexity index is 823. The fraction of sp³-hybridized carbons (Fsp3) is 0.0714. The van der Waals surface area contributed by atoms with Gasteiger partial charge in [-0.15, -0.1) is 0 Å². The Morgan fingerprint density at radius 3 is 2.62 bits per heavy atom. The third-order valence-corrected chi connectivity index (χ3v) is 3.03. The van der Waals surface area contributed by atoms with E-state index in [2.05, 4.69) is 19.9 Å². The van der Waals surface area contributed by atoms with Crippen molar-refractivity contribution in [2.24, 2.45) is 0 Å². The molecule has 7 nitrogen and oxygen atoms in total. The van der Waals surface area contributed by atoms with Crippen molar-refractivity contribution in [2.75, 3.05) is 5.73 Å². The number of hydrogen-bond acceptors (Lipinski definition) is 5. The third-order valence-electron chi connectivity index (χ3n) is 3.03. The molecule has 0 amide bonds. The summed E-state index contributed by atoms with van der Waals surface area (Å²) in [6.07, 6.45) is 1.72. The molecule has 0 aliphatic carbocycles. The van der Waals surface area contributed by atoms with Gasteiger partial charge in [-0.05, 0) is 0 Å². The van der Waals surface area contributed by atoms with Crippen LogP contribution in [0.25, 0.3) is 11.3 Å². The Morgan fingerprint density at radius 2 is 1.95 bits per heavy atom. The van der Waals surface area contributed by atoms with Crippen LogP contribution in [-0.2, 0) is 6.42 Å². The van der Waals surface area contributed by atoms with Gasteiger partial charge < -0.3 is 15.8 Å². The average Bonchev–Trinajstić information content (AvgIpc) is 2.80. The van der Waals surface area contributed by atoms with Crippen LogP contribution in [0.3, 0.4) is 0 Å². The summed E-state index contributed by atoms with van der Waals surface area (Å²) in [4.78, 5) is 24.4. The van der Waals surface area contributed by atoms with Crippen molar-refractivity contribution in [1.29, 1.82) is 0 Å². The molecule has 2 heterocycles. The number of benzene rings is 1. The van der Waals surface area contributed by atoms with Gasteiger partial charge in [0.1, 0.15) is 5.82 Å². The minimum atomic E-state index is -0.471. The van der Waals surface area contributed by atoms with Crippen molar-refractivity contribution in [3.8, 4) is 17.1 Å². The largest absolute Gasteiger partial charge is 0.493 e. The summed E-state index contributed by atoms with van der Waals surface area (Å²) in [5, 5.41) is 9.57. The highest BCUT2D eigenvalue weighted by Crippen LogP contribution is 2.23. The minimum absolute atomic E-state index is 0.199. The predicted octanol–water partition coefficient (Wildman–Crippen LogP) is 1.04. The highest BCUT2D eigenvalue weighted by molar-refractivity contribution is 5.71. The number of rotatable bonds is 3. The molecule has 3 aromatic rings. The zero-order valence-corrected chi connectivity index (χ0v) is 11.0. The van der Waals surface area contributed by atoms with Gasteiger partial charge in [0.15, 0.2) is 0 Å². The van der Waals surface area contributed by atoms with Gasteiger partial charge in [-0.25, -0.2) is 14.8 Å². The number of nitrogen functional groups attached to an aromatic ring is 1. The van der Waals surface area contributed by atoms with Crippen LogP contribution in [0.1, 0.15) is 11.5 Å². The first-order chi connectivity index (χ1) is 10.1. The van der Waals surface area contributed by atoms with E-state index in [-0.39, 0.29) is 12.3 Å². The molecule has 0 aliphatic heterocycles. The van der Waals surface area contributed by atoms with Gasteiger partial charge in [-0.3, -0.25) is 4.98 Å². The van der Waals surface area contributed by atoms with Gasteiger partial charge in [0.25, 0.3) is 0 Å². The maximum Gasteiger partial charge on any atom is 0.325 e. The first-order valence-electron chi connectivity index (χ1n) is 6.30. The van der Waals surface area contributed by atoms with Crippen molar-refractivity contribution >= 4 is 5.69 Å². The lowest BCUT2D eigenvalue weighted by Gasteiger charge is -2.06. The number of aromatic hydroxyl groups is 1. The van der Waals surface area contributed by atoms with Crippen LogP contribution in [-0.4, -0.2) is 25.0 Å². The van der Waals surface area contributed by atoms with Crippen molar-refractivity contribution < 1.29 is 5.11 Å². The smallest absolute Gasteiger partial charge is 0.325 e. The number of aromatic amines is 2. The molecule has 21 heavy (non-hydrogen) atoms. The fourth-order valence-electron chi connectivity index (χ4n) is 2.04. The van der Waals surface area contributed by atoms with Crippen LogP contribution < -0.4 is 11.4 Å². The lowest BCUT2D eigenvalue weighted by molar-refractivity contribution is 0.449. The number of imidazole rings is 1. The molecule has 0 aliphatic rings. The van der Waals surface area contributed by atoms with Crippen LogP contribution in [0.4, 0.5) is 5.69 Å². The number of anilines is 1. The molecule has 0 radical (unpaired) electrons. The summed E-state index contributed by atoms with van der Waals surface area (Å²) in [6, 6.07) is 9.50. The van der Waals surface area contributed by atoms with Gasteiger partial charge in [-0.1, -0.05) is 30.3 Å². The molecule has 0 saturated heterocycles. The lowest BCUT2D eigenvalue weighted by Crippen LogP contribution is -2.04. The highest BCUT2D eigenvalue weighted by Gasteiger charge is 2.11. The van der Waals surface area contributed by atoms with Gasteiger partial charge in [0, 0.05) is 5.56 Å². The molecule has 7 heteroatoms. The maximum absolute atomic E-state index is 11.1. The molecule has 0 bridgehead atoms. The fourth-order valence-corrected chi connectivity index (χ4v) is 2.04. The van der Waals surface area contributed by atoms with Crippen LogP contribution in [0, 0.1) is 0 Å². The molecular weight excluding hydrogens is 270 g/mol. The first kappa shape index (κ1) is 12.9. The lowest BCUT2D eigenvalue weighted by atomic mass is 10.1. The second kappa shape index (κ2) is 5.12. The highest BCUT2D eigenvalue weighted by atomic mass is 16.3. The summed E-state index contributed by atoms with van der Waals surface area (Å²) in [5.74, 6) is 0.246. The molecule has 2 aromatic heterocycles. The predicted molar refractivity (Wildman–Crippen MR) is 77.8 cm³/mol. The van der Waals surface area contributed by atoms with Crippen molar-refractivity contribution in [3.63, 3.8) is 0 Å². The summed E-state index contributed by atoms with van der Waals surface area (Å²) < 4.78 is 0. The number of aromatic nitrogens is 4. The number of H-pyrrole nitrogens is 2. The Balaban J connectivity index is 1.98. The van der Waals surface area contributed by atoms with Crippen LogP contribution in [0.2, 0.25) is 0 Å². The zero-order valence-electron chi connectivity index (χ0n) is 11.0. The van der Waals surface area contributed by atoms with E-state index >= 15 is 0 Å². The summed E-state index contributed by atoms with van der Waals surface area (Å²) in [5.41, 5.74) is 7.75. The summed E-state index contributed by atoms with van der Waals surface area (Å²) >= 11 is 0. The van der Waals surface area contributed by atoms with Crippen molar-refractivity contribution in [2.45, 2.75) is 6.42 Å². The quantitative estimate of drug-likeness (QED) is 0.572. The van der Waals surface area contributed by atoms with Gasteiger partial charge in [0.2, 0.25) is 5.88 Å². The third kappa shape index (κ3) is 2.62. The van der Waals surface area contributed by atoms with Gasteiger partial charge in [0.05, 0.1) is 29.7 Å². The second-order valence-electron chi connectivity index (χ2n) is 4.54. The summed E-state index contributed by atoms with van der Waals surface area (Å²) in [6.45, 7) is 0. The Labute approximate surface area is 119 Å². The van der Waals surface area contributed by atoms with E-state index in [1.54, 1.807) is 0 Å². The van der Waals surface area contributed by atoms with E-state index in [1.165, 1.54) is 6.20 Å². The van der Waals surface area contributed by atoms with Crippen LogP contribution >= 0.6 is 0 Å². The van der Waals surface area contributed by atoms with E-state index in [4.69, 9.17) is 5.73 Å². The Hall–Kier alpha value is -3.09. The monoisotopic (exact) mass is 283 g/mol. The Kier molecular flexibility index (Phi) is 3.15. The van der Waals surface area contributed by atoms with E-state index in [0.29, 0.717) is 22.9 Å². The molecule has 0 saturated carbocycles. The van der Waals surface area contributed by atoms with Crippen molar-refractivity contribution in [3.05, 3.63) is 58.5 Å². The number of nitrogens with one attached hydrogen (secondary N) is 2. The molecule has 0 fully saturated rings. The molecule has 106 valence electrons. The van der Waals surface area contributed by atoms with E-state index in [9.17, 15) is 9.90 Å². The van der Waals surface area contributed by atoms with Crippen molar-refractivity contribution in [1.82, 2.24) is 19.9 Å². The molecule has 5 N–H and O–H groups in total. The molecular formula is C14H13N5O2. The Morgan fingerprint density at radius 1 is 1.19 bits per heavy atom. The standard InChI is InChI=1S/C14H13N5O2/c15-9-7-16-11(6-10-13(20)19-14(21)17-10)18-12(9)8-4-2-1-3-5-8/h1-5,7,20H,6,15H2,(H2,17,19,21). The SMILES string of the molecule is Nc1cnc(Cc2[nH]c(=O)[nH]c2O)nc1-c1ccccc1. The zero-order chi connectivity index (χ0) is 14.8. The molecule has 0 atom stereocenters. The molecule has 0 spiro atoms. The molecule has 1 aromatic carbocycles. The van der Waals surface area contributed by atoms with Gasteiger partial charge in [-0.2, -0.15) is 0 Å². The van der Waals surface area contributed by atoms with E-state index in [0.717, 1.165) is 5.56 Å². The normalized spacial score (nSPS) is 10.7. The minimum Gasteiger partial charge on any atom is -0.493 e. The molecule has 3 rings (SSSR count).